The summed E-state index contributed by atoms with van der Waals surface area (Å²) in [5.41, 5.74) is 7.91. The lowest BCUT2D eigenvalue weighted by Crippen LogP contribution is -2.21. The highest BCUT2D eigenvalue weighted by atomic mass is 16.5. The van der Waals surface area contributed by atoms with Gasteiger partial charge in [-0.3, -0.25) is 14.2 Å². The number of carbonyl (C=O) groups excluding carboxylic acids is 1. The van der Waals surface area contributed by atoms with Gasteiger partial charge in [0.15, 0.2) is 5.65 Å². The minimum atomic E-state index is -0.0792. The van der Waals surface area contributed by atoms with Gasteiger partial charge in [-0.1, -0.05) is 12.1 Å². The first kappa shape index (κ1) is 26.4. The average molecular weight is 603 g/mol. The van der Waals surface area contributed by atoms with Crippen LogP contribution in [0.25, 0.3) is 50.3 Å². The van der Waals surface area contributed by atoms with Gasteiger partial charge in [0.05, 0.1) is 42.2 Å². The Morgan fingerprint density at radius 1 is 0.978 bits per heavy atom. The van der Waals surface area contributed by atoms with Crippen LogP contribution < -0.4 is 10.1 Å². The van der Waals surface area contributed by atoms with Gasteiger partial charge in [-0.15, -0.1) is 5.10 Å². The molecule has 9 rings (SSSR count). The fraction of sp³-hybridized carbons (Fsp3) is 0.394. The summed E-state index contributed by atoms with van der Waals surface area (Å²) in [6, 6.07) is 8.47. The van der Waals surface area contributed by atoms with Crippen LogP contribution in [0.1, 0.15) is 61.4 Å². The molecule has 5 heterocycles. The number of fused-ring (bicyclic) bond motifs is 2. The molecule has 2 unspecified atom stereocenters. The molecule has 0 saturated heterocycles. The average Bonchev–Trinajstić information content (AvgIpc) is 4.00. The van der Waals surface area contributed by atoms with E-state index in [4.69, 9.17) is 19.8 Å². The van der Waals surface area contributed by atoms with E-state index in [2.05, 4.69) is 45.3 Å². The largest absolute Gasteiger partial charge is 0.478 e. The van der Waals surface area contributed by atoms with Gasteiger partial charge in [-0.25, -0.2) is 14.6 Å². The summed E-state index contributed by atoms with van der Waals surface area (Å²) in [5.74, 6) is 2.31. The van der Waals surface area contributed by atoms with Crippen LogP contribution in [0, 0.1) is 5.92 Å². The minimum absolute atomic E-state index is 0.0158. The number of imidazole rings is 1. The van der Waals surface area contributed by atoms with Crippen molar-refractivity contribution < 1.29 is 9.53 Å². The highest BCUT2D eigenvalue weighted by Gasteiger charge is 2.45. The smallest absolute Gasteiger partial charge is 0.258 e. The first-order valence-corrected chi connectivity index (χ1v) is 15.7. The van der Waals surface area contributed by atoms with Gasteiger partial charge in [-0.05, 0) is 44.2 Å². The van der Waals surface area contributed by atoms with Crippen molar-refractivity contribution in [3.05, 3.63) is 54.2 Å². The zero-order valence-electron chi connectivity index (χ0n) is 25.7. The molecular weight excluding hydrogens is 568 g/mol. The molecule has 0 radical (unpaired) electrons. The lowest BCUT2D eigenvalue weighted by Gasteiger charge is -2.10. The second kappa shape index (κ2) is 9.50. The molecule has 0 aliphatic heterocycles. The Bertz CT molecular complexity index is 2160. The number of carbonyl (C=O) groups is 1. The van der Waals surface area contributed by atoms with Gasteiger partial charge in [0.1, 0.15) is 11.5 Å². The molecule has 1 amide bonds. The highest BCUT2D eigenvalue weighted by molar-refractivity contribution is 5.95. The van der Waals surface area contributed by atoms with Crippen LogP contribution in [0.2, 0.25) is 0 Å². The fourth-order valence-electron chi connectivity index (χ4n) is 6.86. The number of nitrogens with one attached hydrogen (secondary N) is 1. The van der Waals surface area contributed by atoms with Crippen molar-refractivity contribution in [1.82, 2.24) is 49.2 Å². The number of pyridine rings is 1. The second-order valence-corrected chi connectivity index (χ2v) is 12.8. The van der Waals surface area contributed by atoms with Crippen LogP contribution in [0.5, 0.6) is 5.88 Å². The maximum atomic E-state index is 12.2. The van der Waals surface area contributed by atoms with Crippen molar-refractivity contribution in [3.8, 4) is 34.2 Å². The molecule has 2 atom stereocenters. The molecule has 6 aromatic rings. The number of methoxy groups -OCH3 is 1. The number of hydrogen-bond acceptors (Lipinski definition) is 7. The molecular formula is C33H34N10O2. The molecule has 228 valence electrons. The van der Waals surface area contributed by atoms with Gasteiger partial charge in [0, 0.05) is 73.0 Å². The van der Waals surface area contributed by atoms with E-state index in [1.165, 1.54) is 5.69 Å². The third kappa shape index (κ3) is 4.18. The van der Waals surface area contributed by atoms with Gasteiger partial charge in [0.25, 0.3) is 5.88 Å². The summed E-state index contributed by atoms with van der Waals surface area (Å²) in [5, 5.41) is 19.0. The predicted octanol–water partition coefficient (Wildman–Crippen LogP) is 4.64. The summed E-state index contributed by atoms with van der Waals surface area (Å²) in [6.45, 7) is 0. The molecule has 12 nitrogen and oxygen atoms in total. The summed E-state index contributed by atoms with van der Waals surface area (Å²) in [7, 11) is 7.37. The fourth-order valence-corrected chi connectivity index (χ4v) is 6.86. The zero-order chi connectivity index (χ0) is 30.6. The van der Waals surface area contributed by atoms with Gasteiger partial charge < -0.3 is 14.6 Å². The van der Waals surface area contributed by atoms with Crippen LogP contribution in [0.3, 0.4) is 0 Å². The topological polar surface area (TPSA) is 123 Å². The Hall–Kier alpha value is -5.00. The number of amides is 1. The number of ether oxygens (including phenoxy) is 1. The predicted molar refractivity (Wildman–Crippen MR) is 168 cm³/mol. The standard InChI is InChI=1S/C33H34N10O2/c1-34-32(44)21-13-25(21)43-16-26(33(39-43)45-4)42-15-23-20(6-5-7-24(23)37-42)28-29(18-10-11-18)41(3)31(36-28)22-12-19-14-40(2)38-30(19)35-27(22)17-8-9-17/h5-7,12,14-18,21,25H,8-11,13H2,1-4H3,(H,34,44). The molecule has 1 aromatic carbocycles. The van der Waals surface area contributed by atoms with Crippen LogP contribution in [-0.4, -0.2) is 63.9 Å². The Kier molecular flexibility index (Phi) is 5.57. The Labute approximate surface area is 259 Å². The van der Waals surface area contributed by atoms with E-state index in [-0.39, 0.29) is 17.9 Å². The Morgan fingerprint density at radius 3 is 2.56 bits per heavy atom. The molecule has 0 bridgehead atoms. The van der Waals surface area contributed by atoms with Crippen LogP contribution in [-0.2, 0) is 18.9 Å². The lowest BCUT2D eigenvalue weighted by atomic mass is 10.0. The van der Waals surface area contributed by atoms with Crippen molar-refractivity contribution in [2.75, 3.05) is 14.2 Å². The van der Waals surface area contributed by atoms with Crippen LogP contribution in [0.15, 0.2) is 42.9 Å². The number of nitrogens with zero attached hydrogens (tertiary/aromatic N) is 9. The number of aryl methyl sites for hydroxylation is 1. The van der Waals surface area contributed by atoms with Crippen molar-refractivity contribution in [2.45, 2.75) is 50.0 Å². The molecule has 3 aliphatic rings. The van der Waals surface area contributed by atoms with Gasteiger partial charge >= 0.3 is 0 Å². The molecule has 1 N–H and O–H groups in total. The Balaban J connectivity index is 1.17. The van der Waals surface area contributed by atoms with Crippen molar-refractivity contribution in [1.29, 1.82) is 0 Å². The summed E-state index contributed by atoms with van der Waals surface area (Å²) >= 11 is 0. The second-order valence-electron chi connectivity index (χ2n) is 12.8. The van der Waals surface area contributed by atoms with Gasteiger partial charge in [0.2, 0.25) is 5.91 Å². The quantitative estimate of drug-likeness (QED) is 0.269. The maximum Gasteiger partial charge on any atom is 0.258 e. The van der Waals surface area contributed by atoms with E-state index >= 15 is 0 Å². The summed E-state index contributed by atoms with van der Waals surface area (Å²) in [4.78, 5) is 22.6. The molecule has 0 spiro atoms. The van der Waals surface area contributed by atoms with Crippen molar-refractivity contribution in [2.24, 2.45) is 20.0 Å². The van der Waals surface area contributed by atoms with E-state index in [1.807, 2.05) is 45.7 Å². The lowest BCUT2D eigenvalue weighted by molar-refractivity contribution is -0.122. The first-order valence-electron chi connectivity index (χ1n) is 15.7. The molecule has 5 aromatic heterocycles. The van der Waals surface area contributed by atoms with Crippen molar-refractivity contribution in [3.63, 3.8) is 0 Å². The summed E-state index contributed by atoms with van der Waals surface area (Å²) < 4.78 is 13.5. The first-order chi connectivity index (χ1) is 21.9. The highest BCUT2D eigenvalue weighted by Crippen LogP contribution is 2.49. The summed E-state index contributed by atoms with van der Waals surface area (Å²) in [6.07, 6.45) is 11.4. The SMILES string of the molecule is CNC(=O)C1CC1n1cc(-n2cc3c(-c4nc(-c5cc6cn(C)nc6nc5C5CC5)n(C)c4C4CC4)cccc3n2)c(OC)n1. The normalized spacial score (nSPS) is 19.5. The van der Waals surface area contributed by atoms with E-state index < -0.39 is 0 Å². The third-order valence-electron chi connectivity index (χ3n) is 9.55. The Morgan fingerprint density at radius 2 is 1.80 bits per heavy atom. The van der Waals surface area contributed by atoms with E-state index in [0.717, 1.165) is 88.1 Å². The number of hydrogen-bond donors (Lipinski definition) is 1. The van der Waals surface area contributed by atoms with Crippen LogP contribution in [0.4, 0.5) is 0 Å². The van der Waals surface area contributed by atoms with E-state index in [9.17, 15) is 4.79 Å². The van der Waals surface area contributed by atoms with Crippen molar-refractivity contribution >= 4 is 27.8 Å². The van der Waals surface area contributed by atoms with E-state index in [0.29, 0.717) is 17.7 Å². The number of aromatic nitrogens is 9. The molecule has 12 heteroatoms. The molecule has 3 aliphatic carbocycles. The zero-order valence-corrected chi connectivity index (χ0v) is 25.7. The third-order valence-corrected chi connectivity index (χ3v) is 9.55. The number of benzene rings is 1. The minimum Gasteiger partial charge on any atom is -0.478 e. The van der Waals surface area contributed by atoms with Gasteiger partial charge in [-0.2, -0.15) is 10.2 Å². The van der Waals surface area contributed by atoms with E-state index in [1.54, 1.807) is 14.2 Å². The molecule has 3 saturated carbocycles. The van der Waals surface area contributed by atoms with Crippen LogP contribution >= 0.6 is 0 Å². The molecule has 3 fully saturated rings. The number of rotatable bonds is 8. The monoisotopic (exact) mass is 602 g/mol. The molecule has 45 heavy (non-hydrogen) atoms. The maximum absolute atomic E-state index is 12.2.